The molecule has 0 spiro atoms. The summed E-state index contributed by atoms with van der Waals surface area (Å²) in [6, 6.07) is 19.3. The van der Waals surface area contributed by atoms with E-state index in [2.05, 4.69) is 10.3 Å². The average Bonchev–Trinajstić information content (AvgIpc) is 3.18. The molecule has 0 bridgehead atoms. The first-order valence-corrected chi connectivity index (χ1v) is 10.3. The molecule has 0 saturated heterocycles. The van der Waals surface area contributed by atoms with Crippen LogP contribution in [-0.4, -0.2) is 22.0 Å². The Morgan fingerprint density at radius 2 is 1.86 bits per heavy atom. The summed E-state index contributed by atoms with van der Waals surface area (Å²) in [7, 11) is 0. The van der Waals surface area contributed by atoms with E-state index in [4.69, 9.17) is 11.6 Å². The summed E-state index contributed by atoms with van der Waals surface area (Å²) in [5, 5.41) is 3.53. The van der Waals surface area contributed by atoms with Crippen LogP contribution in [0.2, 0.25) is 5.02 Å². The first-order chi connectivity index (χ1) is 14.1. The molecule has 7 heteroatoms. The summed E-state index contributed by atoms with van der Waals surface area (Å²) in [4.78, 5) is 30.4. The van der Waals surface area contributed by atoms with Gasteiger partial charge in [0.25, 0.3) is 5.56 Å². The van der Waals surface area contributed by atoms with Crippen molar-refractivity contribution in [2.75, 3.05) is 6.54 Å². The molecule has 29 heavy (non-hydrogen) atoms. The van der Waals surface area contributed by atoms with E-state index in [-0.39, 0.29) is 18.0 Å². The third kappa shape index (κ3) is 4.55. The average molecular weight is 424 g/mol. The molecule has 0 saturated carbocycles. The molecule has 2 aromatic carbocycles. The van der Waals surface area contributed by atoms with Crippen molar-refractivity contribution in [1.82, 2.24) is 14.9 Å². The van der Waals surface area contributed by atoms with E-state index in [1.54, 1.807) is 0 Å². The number of amides is 1. The van der Waals surface area contributed by atoms with Crippen molar-refractivity contribution in [3.05, 3.63) is 87.9 Å². The zero-order chi connectivity index (χ0) is 20.2. The highest BCUT2D eigenvalue weighted by molar-refractivity contribution is 7.22. The third-order valence-electron chi connectivity index (χ3n) is 4.53. The van der Waals surface area contributed by atoms with Gasteiger partial charge in [0.05, 0.1) is 11.8 Å². The number of hydrogen-bond acceptors (Lipinski definition) is 4. The number of rotatable bonds is 6. The lowest BCUT2D eigenvalue weighted by atomic mass is 10.1. The van der Waals surface area contributed by atoms with Gasteiger partial charge in [-0.3, -0.25) is 14.2 Å². The number of nitrogens with one attached hydrogen (secondary N) is 1. The van der Waals surface area contributed by atoms with Crippen molar-refractivity contribution in [1.29, 1.82) is 0 Å². The molecular weight excluding hydrogens is 406 g/mol. The van der Waals surface area contributed by atoms with Gasteiger partial charge in [0.2, 0.25) is 5.91 Å². The van der Waals surface area contributed by atoms with Crippen LogP contribution in [0.25, 0.3) is 20.7 Å². The van der Waals surface area contributed by atoms with E-state index < -0.39 is 0 Å². The minimum atomic E-state index is -0.220. The number of fused-ring (bicyclic) bond motifs is 1. The van der Waals surface area contributed by atoms with Crippen LogP contribution < -0.4 is 10.9 Å². The van der Waals surface area contributed by atoms with Gasteiger partial charge < -0.3 is 5.32 Å². The first-order valence-electron chi connectivity index (χ1n) is 9.16. The molecule has 0 radical (unpaired) electrons. The number of thiophene rings is 1. The number of nitrogens with zero attached hydrogens (tertiary/aromatic N) is 2. The molecule has 0 aliphatic rings. The summed E-state index contributed by atoms with van der Waals surface area (Å²) < 4.78 is 1.91. The maximum absolute atomic E-state index is 12.8. The second-order valence-corrected chi connectivity index (χ2v) is 8.08. The fourth-order valence-corrected chi connectivity index (χ4v) is 4.20. The number of hydrogen-bond donors (Lipinski definition) is 1. The Kier molecular flexibility index (Phi) is 5.74. The number of aromatic nitrogens is 2. The molecule has 1 amide bonds. The largest absolute Gasteiger partial charge is 0.354 e. The number of halogens is 1. The highest BCUT2D eigenvalue weighted by Gasteiger charge is 2.12. The van der Waals surface area contributed by atoms with Gasteiger partial charge in [-0.2, -0.15) is 0 Å². The van der Waals surface area contributed by atoms with E-state index in [9.17, 15) is 9.59 Å². The quantitative estimate of drug-likeness (QED) is 0.507. The number of carbonyl (C=O) groups is 1. The van der Waals surface area contributed by atoms with Gasteiger partial charge >= 0.3 is 0 Å². The normalized spacial score (nSPS) is 10.9. The van der Waals surface area contributed by atoms with E-state index in [1.165, 1.54) is 22.2 Å². The maximum Gasteiger partial charge on any atom is 0.271 e. The Morgan fingerprint density at radius 3 is 2.62 bits per heavy atom. The molecule has 0 aliphatic heterocycles. The monoisotopic (exact) mass is 423 g/mol. The molecule has 4 rings (SSSR count). The summed E-state index contributed by atoms with van der Waals surface area (Å²) in [5.41, 5.74) is 2.58. The van der Waals surface area contributed by atoms with Crippen molar-refractivity contribution >= 4 is 39.1 Å². The topological polar surface area (TPSA) is 64.0 Å². The summed E-state index contributed by atoms with van der Waals surface area (Å²) >= 11 is 7.27. The Labute approximate surface area is 176 Å². The molecule has 4 aromatic rings. The lowest BCUT2D eigenvalue weighted by Crippen LogP contribution is -2.33. The molecule has 2 heterocycles. The zero-order valence-electron chi connectivity index (χ0n) is 15.5. The Balaban J connectivity index is 1.43. The van der Waals surface area contributed by atoms with Crippen molar-refractivity contribution in [2.24, 2.45) is 0 Å². The van der Waals surface area contributed by atoms with Crippen molar-refractivity contribution < 1.29 is 4.79 Å². The second kappa shape index (κ2) is 8.59. The van der Waals surface area contributed by atoms with E-state index >= 15 is 0 Å². The standard InChI is InChI=1S/C22H18ClN3O2S/c23-17-8-6-15(7-9-17)10-11-24-20(27)13-26-14-25-18-12-19(29-21(18)22(26)28)16-4-2-1-3-5-16/h1-9,12,14H,10-11,13H2,(H,24,27). The summed E-state index contributed by atoms with van der Waals surface area (Å²) in [5.74, 6) is -0.220. The molecule has 2 aromatic heterocycles. The maximum atomic E-state index is 12.8. The van der Waals surface area contributed by atoms with Crippen LogP contribution >= 0.6 is 22.9 Å². The smallest absolute Gasteiger partial charge is 0.271 e. The summed E-state index contributed by atoms with van der Waals surface area (Å²) in [6.07, 6.45) is 2.13. The predicted molar refractivity (Wildman–Crippen MR) is 117 cm³/mol. The van der Waals surface area contributed by atoms with Crippen molar-refractivity contribution in [3.8, 4) is 10.4 Å². The minimum absolute atomic E-state index is 0.0546. The summed E-state index contributed by atoms with van der Waals surface area (Å²) in [6.45, 7) is 0.434. The minimum Gasteiger partial charge on any atom is -0.354 e. The molecule has 5 nitrogen and oxygen atoms in total. The molecule has 146 valence electrons. The molecule has 0 fully saturated rings. The fourth-order valence-electron chi connectivity index (χ4n) is 3.01. The van der Waals surface area contributed by atoms with Gasteiger partial charge in [-0.15, -0.1) is 11.3 Å². The van der Waals surface area contributed by atoms with Crippen LogP contribution in [0.1, 0.15) is 5.56 Å². The molecule has 0 unspecified atom stereocenters. The lowest BCUT2D eigenvalue weighted by Gasteiger charge is -2.07. The van der Waals surface area contributed by atoms with Gasteiger partial charge in [0.1, 0.15) is 11.2 Å². The van der Waals surface area contributed by atoms with Crippen LogP contribution in [0.3, 0.4) is 0 Å². The highest BCUT2D eigenvalue weighted by Crippen LogP contribution is 2.30. The van der Waals surface area contributed by atoms with Crippen molar-refractivity contribution in [2.45, 2.75) is 13.0 Å². The highest BCUT2D eigenvalue weighted by atomic mass is 35.5. The van der Waals surface area contributed by atoms with Gasteiger partial charge in [-0.05, 0) is 35.7 Å². The van der Waals surface area contributed by atoms with Crippen LogP contribution in [0.15, 0.2) is 71.8 Å². The Hall–Kier alpha value is -2.96. The van der Waals surface area contributed by atoms with Gasteiger partial charge in [-0.1, -0.05) is 54.1 Å². The zero-order valence-corrected chi connectivity index (χ0v) is 17.0. The second-order valence-electron chi connectivity index (χ2n) is 6.60. The van der Waals surface area contributed by atoms with Crippen LogP contribution in [0, 0.1) is 0 Å². The Morgan fingerprint density at radius 1 is 1.10 bits per heavy atom. The molecule has 0 atom stereocenters. The van der Waals surface area contributed by atoms with Crippen LogP contribution in [0.4, 0.5) is 0 Å². The fraction of sp³-hybridized carbons (Fsp3) is 0.136. The van der Waals surface area contributed by atoms with Gasteiger partial charge in [0, 0.05) is 16.4 Å². The predicted octanol–water partition coefficient (Wildman–Crippen LogP) is 4.14. The van der Waals surface area contributed by atoms with Crippen molar-refractivity contribution in [3.63, 3.8) is 0 Å². The molecular formula is C22H18ClN3O2S. The van der Waals surface area contributed by atoms with E-state index in [1.807, 2.05) is 60.7 Å². The number of benzene rings is 2. The Bertz CT molecular complexity index is 1200. The molecule has 0 aliphatic carbocycles. The van der Waals surface area contributed by atoms with E-state index in [0.29, 0.717) is 28.2 Å². The SMILES string of the molecule is O=C(Cn1cnc2cc(-c3ccccc3)sc2c1=O)NCCc1ccc(Cl)cc1. The third-order valence-corrected chi connectivity index (χ3v) is 5.94. The molecule has 1 N–H and O–H groups in total. The first kappa shape index (κ1) is 19.4. The number of carbonyl (C=O) groups excluding carboxylic acids is 1. The van der Waals surface area contributed by atoms with Crippen LogP contribution in [0.5, 0.6) is 0 Å². The lowest BCUT2D eigenvalue weighted by molar-refractivity contribution is -0.121. The van der Waals surface area contributed by atoms with Gasteiger partial charge in [0.15, 0.2) is 0 Å². The van der Waals surface area contributed by atoms with E-state index in [0.717, 1.165) is 16.0 Å². The van der Waals surface area contributed by atoms with Crippen LogP contribution in [-0.2, 0) is 17.8 Å². The van der Waals surface area contributed by atoms with Gasteiger partial charge in [-0.25, -0.2) is 4.98 Å².